The Hall–Kier alpha value is -2.20. The van der Waals surface area contributed by atoms with Crippen LogP contribution in [0.4, 0.5) is 0 Å². The lowest BCUT2D eigenvalue weighted by Crippen LogP contribution is -2.15. The predicted molar refractivity (Wildman–Crippen MR) is 90.1 cm³/mol. The zero-order valence-corrected chi connectivity index (χ0v) is 13.7. The fraction of sp³-hybridized carbons (Fsp3) is 0.111. The molecule has 0 saturated carbocycles. The number of hydrogen-bond acceptors (Lipinski definition) is 3. The van der Waals surface area contributed by atoms with E-state index in [1.165, 1.54) is 13.2 Å². The van der Waals surface area contributed by atoms with Crippen LogP contribution in [-0.4, -0.2) is 24.2 Å². The van der Waals surface area contributed by atoms with Gasteiger partial charge in [-0.15, -0.1) is 0 Å². The van der Waals surface area contributed by atoms with Crippen molar-refractivity contribution in [1.82, 2.24) is 0 Å². The zero-order chi connectivity index (χ0) is 15.9. The van der Waals surface area contributed by atoms with Gasteiger partial charge in [-0.25, -0.2) is 4.79 Å². The van der Waals surface area contributed by atoms with Gasteiger partial charge in [0, 0.05) is 10.9 Å². The maximum atomic E-state index is 12.4. The molecule has 0 saturated heterocycles. The van der Waals surface area contributed by atoms with E-state index >= 15 is 0 Å². The van der Waals surface area contributed by atoms with Crippen LogP contribution < -0.4 is 0 Å². The lowest BCUT2D eigenvalue weighted by molar-refractivity contribution is -0.135. The molecule has 0 fully saturated rings. The summed E-state index contributed by atoms with van der Waals surface area (Å²) in [6.07, 6.45) is 1.51. The monoisotopic (exact) mass is 358 g/mol. The topological polar surface area (TPSA) is 43.4 Å². The number of rotatable bonds is 5. The molecule has 0 N–H and O–H groups in total. The summed E-state index contributed by atoms with van der Waals surface area (Å²) in [5.41, 5.74) is 2.58. The number of Topliss-reactive ketones (excluding diaryl/α,β-unsaturated/α-hetero) is 1. The van der Waals surface area contributed by atoms with Crippen LogP contribution in [0.25, 0.3) is 11.1 Å². The lowest BCUT2D eigenvalue weighted by atomic mass is 9.99. The highest BCUT2D eigenvalue weighted by Gasteiger charge is 2.20. The van der Waals surface area contributed by atoms with Gasteiger partial charge < -0.3 is 4.74 Å². The average Bonchev–Trinajstić information content (AvgIpc) is 2.59. The van der Waals surface area contributed by atoms with Crippen molar-refractivity contribution in [2.75, 3.05) is 12.4 Å². The van der Waals surface area contributed by atoms with Crippen molar-refractivity contribution in [2.45, 2.75) is 0 Å². The second-order valence-corrected chi connectivity index (χ2v) is 5.18. The fourth-order valence-corrected chi connectivity index (χ4v) is 2.38. The molecule has 0 aromatic heterocycles. The third-order valence-electron chi connectivity index (χ3n) is 3.19. The number of alkyl halides is 1. The van der Waals surface area contributed by atoms with Crippen LogP contribution in [0.15, 0.2) is 66.2 Å². The number of ether oxygens (including phenoxy) is 1. The second-order valence-electron chi connectivity index (χ2n) is 4.54. The van der Waals surface area contributed by atoms with E-state index < -0.39 is 5.97 Å². The molecule has 0 spiro atoms. The molecular formula is C18H15BrO3. The third-order valence-corrected chi connectivity index (χ3v) is 3.51. The van der Waals surface area contributed by atoms with Gasteiger partial charge in [0.15, 0.2) is 5.78 Å². The summed E-state index contributed by atoms with van der Waals surface area (Å²) in [7, 11) is 1.26. The lowest BCUT2D eigenvalue weighted by Gasteiger charge is -2.06. The van der Waals surface area contributed by atoms with Crippen molar-refractivity contribution in [3.05, 3.63) is 71.8 Å². The molecule has 0 aliphatic heterocycles. The molecule has 112 valence electrons. The zero-order valence-electron chi connectivity index (χ0n) is 12.1. The van der Waals surface area contributed by atoms with Crippen molar-refractivity contribution in [3.8, 4) is 11.1 Å². The standard InChI is InChI=1S/C18H15BrO3/c1-22-18(21)16(11-12-19)17(20)15-9-7-14(8-10-15)13-5-3-2-4-6-13/h2-11H,12H2,1H3. The molecule has 0 unspecified atom stereocenters. The Morgan fingerprint density at radius 2 is 1.59 bits per heavy atom. The van der Waals surface area contributed by atoms with Crippen LogP contribution in [0.5, 0.6) is 0 Å². The van der Waals surface area contributed by atoms with Gasteiger partial charge in [-0.3, -0.25) is 4.79 Å². The van der Waals surface area contributed by atoms with E-state index in [0.717, 1.165) is 11.1 Å². The van der Waals surface area contributed by atoms with E-state index in [1.807, 2.05) is 42.5 Å². The number of methoxy groups -OCH3 is 1. The molecular weight excluding hydrogens is 344 g/mol. The first-order chi connectivity index (χ1) is 10.7. The number of allylic oxidation sites excluding steroid dienone is 1. The Kier molecular flexibility index (Phi) is 5.67. The molecule has 3 nitrogen and oxygen atoms in total. The van der Waals surface area contributed by atoms with Gasteiger partial charge in [-0.05, 0) is 11.1 Å². The quantitative estimate of drug-likeness (QED) is 0.202. The van der Waals surface area contributed by atoms with Gasteiger partial charge in [-0.1, -0.05) is 76.6 Å². The largest absolute Gasteiger partial charge is 0.465 e. The first-order valence-corrected chi connectivity index (χ1v) is 7.84. The number of halogens is 1. The number of hydrogen-bond donors (Lipinski definition) is 0. The van der Waals surface area contributed by atoms with E-state index in [4.69, 9.17) is 0 Å². The number of ketones is 1. The summed E-state index contributed by atoms with van der Waals surface area (Å²) < 4.78 is 4.65. The summed E-state index contributed by atoms with van der Waals surface area (Å²) in [6, 6.07) is 17.0. The summed E-state index contributed by atoms with van der Waals surface area (Å²) in [4.78, 5) is 24.1. The van der Waals surface area contributed by atoms with Crippen molar-refractivity contribution >= 4 is 27.7 Å². The van der Waals surface area contributed by atoms with Crippen LogP contribution >= 0.6 is 15.9 Å². The van der Waals surface area contributed by atoms with E-state index in [2.05, 4.69) is 20.7 Å². The second kappa shape index (κ2) is 7.71. The first-order valence-electron chi connectivity index (χ1n) is 6.72. The van der Waals surface area contributed by atoms with Gasteiger partial charge in [0.05, 0.1) is 7.11 Å². The summed E-state index contributed by atoms with van der Waals surface area (Å²) in [5, 5.41) is 0.408. The van der Waals surface area contributed by atoms with E-state index in [9.17, 15) is 9.59 Å². The summed E-state index contributed by atoms with van der Waals surface area (Å²) >= 11 is 3.19. The summed E-state index contributed by atoms with van der Waals surface area (Å²) in [6.45, 7) is 0. The molecule has 2 aromatic carbocycles. The summed E-state index contributed by atoms with van der Waals surface area (Å²) in [5.74, 6) is -0.970. The number of carbonyl (C=O) groups is 2. The number of carbonyl (C=O) groups excluding carboxylic acids is 2. The molecule has 0 aliphatic carbocycles. The maximum Gasteiger partial charge on any atom is 0.341 e. The molecule has 0 aliphatic rings. The Morgan fingerprint density at radius 1 is 1.00 bits per heavy atom. The van der Waals surface area contributed by atoms with Crippen molar-refractivity contribution < 1.29 is 14.3 Å². The number of benzene rings is 2. The van der Waals surface area contributed by atoms with Crippen molar-refractivity contribution in [2.24, 2.45) is 0 Å². The van der Waals surface area contributed by atoms with E-state index in [-0.39, 0.29) is 11.4 Å². The van der Waals surface area contributed by atoms with Crippen LogP contribution in [0.3, 0.4) is 0 Å². The molecule has 2 aromatic rings. The highest BCUT2D eigenvalue weighted by molar-refractivity contribution is 9.09. The third kappa shape index (κ3) is 3.71. The maximum absolute atomic E-state index is 12.4. The van der Waals surface area contributed by atoms with Gasteiger partial charge in [0.25, 0.3) is 0 Å². The normalized spacial score (nSPS) is 11.1. The number of esters is 1. The molecule has 0 bridgehead atoms. The van der Waals surface area contributed by atoms with Gasteiger partial charge in [0.1, 0.15) is 5.57 Å². The van der Waals surface area contributed by atoms with Gasteiger partial charge >= 0.3 is 5.97 Å². The molecule has 2 rings (SSSR count). The molecule has 0 amide bonds. The predicted octanol–water partition coefficient (Wildman–Crippen LogP) is 4.03. The van der Waals surface area contributed by atoms with Crippen LogP contribution in [-0.2, 0) is 9.53 Å². The minimum Gasteiger partial charge on any atom is -0.465 e. The van der Waals surface area contributed by atoms with Crippen LogP contribution in [0, 0.1) is 0 Å². The minimum absolute atomic E-state index is 0.0341. The Labute approximate surface area is 137 Å². The van der Waals surface area contributed by atoms with Gasteiger partial charge in [0.2, 0.25) is 0 Å². The molecule has 0 heterocycles. The SMILES string of the molecule is COC(=O)C(=CCBr)C(=O)c1ccc(-c2ccccc2)cc1. The Balaban J connectivity index is 2.28. The molecule has 22 heavy (non-hydrogen) atoms. The van der Waals surface area contributed by atoms with Crippen LogP contribution in [0.2, 0.25) is 0 Å². The van der Waals surface area contributed by atoms with E-state index in [1.54, 1.807) is 12.1 Å². The molecule has 0 atom stereocenters. The average molecular weight is 359 g/mol. The Bertz CT molecular complexity index is 688. The molecule has 0 radical (unpaired) electrons. The van der Waals surface area contributed by atoms with Crippen molar-refractivity contribution in [3.63, 3.8) is 0 Å². The van der Waals surface area contributed by atoms with E-state index in [0.29, 0.717) is 10.9 Å². The van der Waals surface area contributed by atoms with Crippen molar-refractivity contribution in [1.29, 1.82) is 0 Å². The minimum atomic E-state index is -0.628. The first kappa shape index (κ1) is 16.2. The Morgan fingerprint density at radius 3 is 2.14 bits per heavy atom. The highest BCUT2D eigenvalue weighted by atomic mass is 79.9. The highest BCUT2D eigenvalue weighted by Crippen LogP contribution is 2.20. The van der Waals surface area contributed by atoms with Gasteiger partial charge in [-0.2, -0.15) is 0 Å². The fourth-order valence-electron chi connectivity index (χ4n) is 2.06. The molecule has 4 heteroatoms. The smallest absolute Gasteiger partial charge is 0.341 e. The van der Waals surface area contributed by atoms with Crippen LogP contribution in [0.1, 0.15) is 10.4 Å².